The topological polar surface area (TPSA) is 102 Å². The number of hydrogen-bond donors (Lipinski definition) is 1. The largest absolute Gasteiger partial charge is 0.319 e. The summed E-state index contributed by atoms with van der Waals surface area (Å²) in [5.41, 5.74) is 4.86. The Morgan fingerprint density at radius 2 is 2.07 bits per heavy atom. The number of carbonyl (C=O) groups excluding carboxylic acids is 1. The van der Waals surface area contributed by atoms with Gasteiger partial charge < -0.3 is 4.57 Å². The van der Waals surface area contributed by atoms with Gasteiger partial charge in [0, 0.05) is 11.6 Å². The Hall–Kier alpha value is -3.26. The lowest BCUT2D eigenvalue weighted by molar-refractivity contribution is -0.384. The van der Waals surface area contributed by atoms with Gasteiger partial charge in [0.05, 0.1) is 21.7 Å². The van der Waals surface area contributed by atoms with E-state index >= 15 is 0 Å². The van der Waals surface area contributed by atoms with Crippen LogP contribution in [-0.4, -0.2) is 26.1 Å². The quantitative estimate of drug-likeness (QED) is 0.412. The number of halogens is 1. The van der Waals surface area contributed by atoms with Gasteiger partial charge in [0.1, 0.15) is 17.4 Å². The molecule has 27 heavy (non-hydrogen) atoms. The van der Waals surface area contributed by atoms with Crippen molar-refractivity contribution in [3.63, 3.8) is 0 Å². The van der Waals surface area contributed by atoms with Crippen LogP contribution in [0.25, 0.3) is 11.0 Å². The van der Waals surface area contributed by atoms with Gasteiger partial charge in [-0.25, -0.2) is 10.4 Å². The molecule has 1 aromatic heterocycles. The Balaban J connectivity index is 1.75. The maximum atomic E-state index is 12.3. The normalized spacial score (nSPS) is 11.6. The van der Waals surface area contributed by atoms with E-state index in [9.17, 15) is 14.9 Å². The third-order valence-corrected chi connectivity index (χ3v) is 4.38. The van der Waals surface area contributed by atoms with E-state index in [1.54, 1.807) is 17.6 Å². The van der Waals surface area contributed by atoms with Crippen LogP contribution < -0.4 is 5.43 Å². The standard InChI is InChI=1S/C18H16ClN5O3/c1-11(13-7-8-14(19)17(9-13)24(26)27)21-22-18(25)10-23-12(2)20-15-5-3-4-6-16(15)23/h3-9H,10H2,1-2H3,(H,22,25)/b21-11+. The molecule has 0 aliphatic heterocycles. The van der Waals surface area contributed by atoms with Crippen molar-refractivity contribution in [3.05, 3.63) is 69.0 Å². The van der Waals surface area contributed by atoms with Crippen LogP contribution in [0.15, 0.2) is 47.6 Å². The van der Waals surface area contributed by atoms with E-state index in [2.05, 4.69) is 15.5 Å². The van der Waals surface area contributed by atoms with Crippen molar-refractivity contribution in [2.75, 3.05) is 0 Å². The number of nitro benzene ring substituents is 1. The number of nitrogens with zero attached hydrogens (tertiary/aromatic N) is 4. The number of hydrogen-bond acceptors (Lipinski definition) is 5. The smallest absolute Gasteiger partial charge is 0.288 e. The fourth-order valence-corrected chi connectivity index (χ4v) is 2.85. The summed E-state index contributed by atoms with van der Waals surface area (Å²) in [6, 6.07) is 11.9. The molecule has 3 aromatic rings. The summed E-state index contributed by atoms with van der Waals surface area (Å²) in [6.45, 7) is 3.53. The van der Waals surface area contributed by atoms with Crippen molar-refractivity contribution >= 4 is 39.9 Å². The second kappa shape index (κ2) is 7.55. The van der Waals surface area contributed by atoms with E-state index in [1.165, 1.54) is 12.1 Å². The SMILES string of the molecule is C/C(=N\NC(=O)Cn1c(C)nc2ccccc21)c1ccc(Cl)c([N+](=O)[O-])c1. The average molecular weight is 386 g/mol. The Labute approximate surface area is 159 Å². The van der Waals surface area contributed by atoms with Crippen molar-refractivity contribution in [1.82, 2.24) is 15.0 Å². The van der Waals surface area contributed by atoms with E-state index < -0.39 is 4.92 Å². The third kappa shape index (κ3) is 3.95. The molecule has 0 radical (unpaired) electrons. The number of aryl methyl sites for hydroxylation is 1. The highest BCUT2D eigenvalue weighted by Crippen LogP contribution is 2.25. The average Bonchev–Trinajstić information content (AvgIpc) is 2.95. The molecule has 1 N–H and O–H groups in total. The van der Waals surface area contributed by atoms with Crippen LogP contribution in [-0.2, 0) is 11.3 Å². The van der Waals surface area contributed by atoms with Gasteiger partial charge in [0.25, 0.3) is 11.6 Å². The minimum Gasteiger partial charge on any atom is -0.319 e. The first-order valence-electron chi connectivity index (χ1n) is 8.06. The molecule has 3 rings (SSSR count). The fraction of sp³-hybridized carbons (Fsp3) is 0.167. The highest BCUT2D eigenvalue weighted by molar-refractivity contribution is 6.32. The number of hydrazone groups is 1. The van der Waals surface area contributed by atoms with Crippen LogP contribution in [0, 0.1) is 17.0 Å². The van der Waals surface area contributed by atoms with Crippen molar-refractivity contribution in [2.45, 2.75) is 20.4 Å². The maximum absolute atomic E-state index is 12.3. The fourth-order valence-electron chi connectivity index (χ4n) is 2.66. The lowest BCUT2D eigenvalue weighted by Crippen LogP contribution is -2.24. The van der Waals surface area contributed by atoms with Crippen LogP contribution in [0.2, 0.25) is 5.02 Å². The minimum absolute atomic E-state index is 0.0445. The minimum atomic E-state index is -0.565. The van der Waals surface area contributed by atoms with Gasteiger partial charge in [-0.1, -0.05) is 29.8 Å². The molecule has 9 heteroatoms. The number of nitro groups is 1. The number of nitrogens with one attached hydrogen (secondary N) is 1. The number of fused-ring (bicyclic) bond motifs is 1. The molecule has 1 amide bonds. The van der Waals surface area contributed by atoms with Crippen molar-refractivity contribution < 1.29 is 9.72 Å². The first-order valence-corrected chi connectivity index (χ1v) is 8.44. The van der Waals surface area contributed by atoms with Gasteiger partial charge in [-0.2, -0.15) is 5.10 Å². The molecular weight excluding hydrogens is 370 g/mol. The van der Waals surface area contributed by atoms with Crippen LogP contribution in [0.4, 0.5) is 5.69 Å². The number of carbonyl (C=O) groups is 1. The molecule has 2 aromatic carbocycles. The lowest BCUT2D eigenvalue weighted by Gasteiger charge is -2.07. The Morgan fingerprint density at radius 3 is 2.81 bits per heavy atom. The number of benzene rings is 2. The van der Waals surface area contributed by atoms with Crippen LogP contribution >= 0.6 is 11.6 Å². The Morgan fingerprint density at radius 1 is 1.33 bits per heavy atom. The molecule has 0 aliphatic carbocycles. The van der Waals surface area contributed by atoms with Gasteiger partial charge in [-0.05, 0) is 32.0 Å². The van der Waals surface area contributed by atoms with Crippen LogP contribution in [0.5, 0.6) is 0 Å². The first kappa shape index (κ1) is 18.5. The van der Waals surface area contributed by atoms with Gasteiger partial charge in [-0.3, -0.25) is 14.9 Å². The molecule has 0 aliphatic rings. The maximum Gasteiger partial charge on any atom is 0.288 e. The van der Waals surface area contributed by atoms with Crippen molar-refractivity contribution in [3.8, 4) is 0 Å². The first-order chi connectivity index (χ1) is 12.9. The van der Waals surface area contributed by atoms with Crippen molar-refractivity contribution in [1.29, 1.82) is 0 Å². The molecule has 0 bridgehead atoms. The molecule has 0 saturated heterocycles. The van der Waals surface area contributed by atoms with Crippen LogP contribution in [0.1, 0.15) is 18.3 Å². The van der Waals surface area contributed by atoms with E-state index in [0.29, 0.717) is 11.3 Å². The summed E-state index contributed by atoms with van der Waals surface area (Å²) >= 11 is 5.81. The summed E-state index contributed by atoms with van der Waals surface area (Å²) in [4.78, 5) is 27.1. The molecule has 1 heterocycles. The summed E-state index contributed by atoms with van der Waals surface area (Å²) in [5, 5.41) is 15.1. The lowest BCUT2D eigenvalue weighted by atomic mass is 10.1. The molecule has 0 saturated carbocycles. The van der Waals surface area contributed by atoms with Gasteiger partial charge >= 0.3 is 0 Å². The summed E-state index contributed by atoms with van der Waals surface area (Å²) in [7, 11) is 0. The predicted molar refractivity (Wildman–Crippen MR) is 103 cm³/mol. The number of imidazole rings is 1. The summed E-state index contributed by atoms with van der Waals surface area (Å²) < 4.78 is 1.79. The highest BCUT2D eigenvalue weighted by atomic mass is 35.5. The zero-order valence-corrected chi connectivity index (χ0v) is 15.4. The molecule has 0 spiro atoms. The van der Waals surface area contributed by atoms with E-state index in [1.807, 2.05) is 31.2 Å². The highest BCUT2D eigenvalue weighted by Gasteiger charge is 2.14. The molecular formula is C18H16ClN5O3. The number of rotatable bonds is 5. The summed E-state index contributed by atoms with van der Waals surface area (Å²) in [5.74, 6) is 0.393. The molecule has 138 valence electrons. The predicted octanol–water partition coefficient (Wildman–Crippen LogP) is 3.45. The van der Waals surface area contributed by atoms with E-state index in [0.717, 1.165) is 16.9 Å². The monoisotopic (exact) mass is 385 g/mol. The van der Waals surface area contributed by atoms with Gasteiger partial charge in [0.2, 0.25) is 0 Å². The number of aromatic nitrogens is 2. The molecule has 0 atom stereocenters. The Bertz CT molecular complexity index is 1070. The second-order valence-corrected chi connectivity index (χ2v) is 6.30. The zero-order valence-electron chi connectivity index (χ0n) is 14.6. The van der Waals surface area contributed by atoms with Gasteiger partial charge in [-0.15, -0.1) is 0 Å². The molecule has 0 unspecified atom stereocenters. The van der Waals surface area contributed by atoms with Crippen molar-refractivity contribution in [2.24, 2.45) is 5.10 Å². The second-order valence-electron chi connectivity index (χ2n) is 5.89. The number of para-hydroxylation sites is 2. The van der Waals surface area contributed by atoms with Gasteiger partial charge in [0.15, 0.2) is 0 Å². The summed E-state index contributed by atoms with van der Waals surface area (Å²) in [6.07, 6.45) is 0. The van der Waals surface area contributed by atoms with E-state index in [4.69, 9.17) is 11.6 Å². The third-order valence-electron chi connectivity index (χ3n) is 4.06. The van der Waals surface area contributed by atoms with Crippen LogP contribution in [0.3, 0.4) is 0 Å². The molecule has 8 nitrogen and oxygen atoms in total. The molecule has 0 fully saturated rings. The van der Waals surface area contributed by atoms with E-state index in [-0.39, 0.29) is 23.2 Å². The zero-order chi connectivity index (χ0) is 19.6. The number of amides is 1. The Kier molecular flexibility index (Phi) is 5.18.